The Hall–Kier alpha value is -0.610. The van der Waals surface area contributed by atoms with Gasteiger partial charge < -0.3 is 10.2 Å². The SMILES string of the molecule is Cc1cc(Br)cnc1NCC(C)CN1CCCCC1. The van der Waals surface area contributed by atoms with Gasteiger partial charge in [-0.05, 0) is 66.3 Å². The van der Waals surface area contributed by atoms with Gasteiger partial charge in [-0.3, -0.25) is 0 Å². The summed E-state index contributed by atoms with van der Waals surface area (Å²) in [6, 6.07) is 2.10. The van der Waals surface area contributed by atoms with E-state index in [1.54, 1.807) is 0 Å². The predicted octanol–water partition coefficient (Wildman–Crippen LogP) is 3.69. The number of anilines is 1. The Labute approximate surface area is 124 Å². The number of aryl methyl sites for hydroxylation is 1. The molecule has 1 aromatic heterocycles. The molecule has 106 valence electrons. The Morgan fingerprint density at radius 3 is 2.79 bits per heavy atom. The Kier molecular flexibility index (Phi) is 5.64. The second-order valence-electron chi connectivity index (χ2n) is 5.67. The van der Waals surface area contributed by atoms with E-state index in [-0.39, 0.29) is 0 Å². The average Bonchev–Trinajstić information content (AvgIpc) is 2.39. The van der Waals surface area contributed by atoms with Gasteiger partial charge in [-0.25, -0.2) is 4.98 Å². The van der Waals surface area contributed by atoms with Crippen molar-refractivity contribution in [2.45, 2.75) is 33.1 Å². The molecule has 0 bridgehead atoms. The van der Waals surface area contributed by atoms with E-state index in [0.717, 1.165) is 16.8 Å². The van der Waals surface area contributed by atoms with Gasteiger partial charge in [-0.2, -0.15) is 0 Å². The number of halogens is 1. The first-order valence-electron chi connectivity index (χ1n) is 7.23. The Bertz CT molecular complexity index is 402. The highest BCUT2D eigenvalue weighted by Gasteiger charge is 2.13. The summed E-state index contributed by atoms with van der Waals surface area (Å²) in [6.45, 7) is 9.15. The van der Waals surface area contributed by atoms with Crippen molar-refractivity contribution < 1.29 is 0 Å². The summed E-state index contributed by atoms with van der Waals surface area (Å²) in [4.78, 5) is 7.02. The molecule has 0 radical (unpaired) electrons. The molecule has 0 aromatic carbocycles. The molecule has 1 fully saturated rings. The van der Waals surface area contributed by atoms with Crippen molar-refractivity contribution in [1.29, 1.82) is 0 Å². The maximum Gasteiger partial charge on any atom is 0.128 e. The number of aromatic nitrogens is 1. The van der Waals surface area contributed by atoms with Crippen molar-refractivity contribution in [2.24, 2.45) is 5.92 Å². The quantitative estimate of drug-likeness (QED) is 0.894. The van der Waals surface area contributed by atoms with E-state index >= 15 is 0 Å². The van der Waals surface area contributed by atoms with Crippen molar-refractivity contribution >= 4 is 21.7 Å². The number of hydrogen-bond acceptors (Lipinski definition) is 3. The first kappa shape index (κ1) is 14.8. The smallest absolute Gasteiger partial charge is 0.128 e. The molecule has 1 N–H and O–H groups in total. The minimum absolute atomic E-state index is 0.656. The third-order valence-corrected chi connectivity index (χ3v) is 4.12. The zero-order valence-corrected chi connectivity index (χ0v) is 13.5. The van der Waals surface area contributed by atoms with Crippen LogP contribution in [0.3, 0.4) is 0 Å². The fourth-order valence-electron chi connectivity index (χ4n) is 2.64. The number of nitrogens with zero attached hydrogens (tertiary/aromatic N) is 2. The molecule has 19 heavy (non-hydrogen) atoms. The topological polar surface area (TPSA) is 28.2 Å². The third-order valence-electron chi connectivity index (χ3n) is 3.68. The Morgan fingerprint density at radius 2 is 2.11 bits per heavy atom. The van der Waals surface area contributed by atoms with Crippen LogP contribution in [-0.4, -0.2) is 36.1 Å². The van der Waals surface area contributed by atoms with Crippen LogP contribution in [0.25, 0.3) is 0 Å². The molecule has 1 aliphatic rings. The zero-order valence-electron chi connectivity index (χ0n) is 12.0. The summed E-state index contributed by atoms with van der Waals surface area (Å²) in [5.74, 6) is 1.66. The van der Waals surface area contributed by atoms with Gasteiger partial charge in [0.05, 0.1) is 0 Å². The van der Waals surface area contributed by atoms with Gasteiger partial charge in [0.25, 0.3) is 0 Å². The van der Waals surface area contributed by atoms with Crippen molar-refractivity contribution in [1.82, 2.24) is 9.88 Å². The first-order chi connectivity index (χ1) is 9.15. The molecule has 0 saturated carbocycles. The fraction of sp³-hybridized carbons (Fsp3) is 0.667. The molecular weight excluding hydrogens is 302 g/mol. The Balaban J connectivity index is 1.77. The molecule has 1 unspecified atom stereocenters. The van der Waals surface area contributed by atoms with Crippen molar-refractivity contribution in [3.63, 3.8) is 0 Å². The maximum absolute atomic E-state index is 4.42. The molecule has 0 amide bonds. The van der Waals surface area contributed by atoms with E-state index in [1.807, 2.05) is 6.20 Å². The van der Waals surface area contributed by atoms with Gasteiger partial charge in [0.15, 0.2) is 0 Å². The zero-order chi connectivity index (χ0) is 13.7. The molecule has 1 atom stereocenters. The minimum atomic E-state index is 0.656. The summed E-state index contributed by atoms with van der Waals surface area (Å²) < 4.78 is 1.04. The normalized spacial score (nSPS) is 18.3. The van der Waals surface area contributed by atoms with Gasteiger partial charge in [-0.15, -0.1) is 0 Å². The summed E-state index contributed by atoms with van der Waals surface area (Å²) in [6.07, 6.45) is 6.00. The van der Waals surface area contributed by atoms with Crippen LogP contribution in [0.4, 0.5) is 5.82 Å². The van der Waals surface area contributed by atoms with Crippen LogP contribution in [0.1, 0.15) is 31.7 Å². The van der Waals surface area contributed by atoms with Crippen LogP contribution < -0.4 is 5.32 Å². The number of nitrogens with one attached hydrogen (secondary N) is 1. The maximum atomic E-state index is 4.42. The average molecular weight is 326 g/mol. The predicted molar refractivity (Wildman–Crippen MR) is 84.6 cm³/mol. The number of pyridine rings is 1. The van der Waals surface area contributed by atoms with E-state index in [4.69, 9.17) is 0 Å². The Morgan fingerprint density at radius 1 is 1.37 bits per heavy atom. The van der Waals surface area contributed by atoms with Gasteiger partial charge in [-0.1, -0.05) is 13.3 Å². The van der Waals surface area contributed by atoms with Crippen molar-refractivity contribution in [2.75, 3.05) is 31.5 Å². The van der Waals surface area contributed by atoms with E-state index in [1.165, 1.54) is 44.5 Å². The fourth-order valence-corrected chi connectivity index (χ4v) is 3.09. The number of hydrogen-bond donors (Lipinski definition) is 1. The molecular formula is C15H24BrN3. The highest BCUT2D eigenvalue weighted by atomic mass is 79.9. The van der Waals surface area contributed by atoms with Crippen LogP contribution in [0, 0.1) is 12.8 Å². The van der Waals surface area contributed by atoms with Gasteiger partial charge in [0.2, 0.25) is 0 Å². The molecule has 0 spiro atoms. The highest BCUT2D eigenvalue weighted by molar-refractivity contribution is 9.10. The second kappa shape index (κ2) is 7.25. The summed E-state index contributed by atoms with van der Waals surface area (Å²) in [7, 11) is 0. The molecule has 1 saturated heterocycles. The molecule has 3 nitrogen and oxygen atoms in total. The van der Waals surface area contributed by atoms with E-state index in [0.29, 0.717) is 5.92 Å². The lowest BCUT2D eigenvalue weighted by molar-refractivity contribution is 0.204. The molecule has 0 aliphatic carbocycles. The van der Waals surface area contributed by atoms with Gasteiger partial charge in [0, 0.05) is 23.8 Å². The first-order valence-corrected chi connectivity index (χ1v) is 8.03. The van der Waals surface area contributed by atoms with Crippen molar-refractivity contribution in [3.05, 3.63) is 22.3 Å². The van der Waals surface area contributed by atoms with Crippen LogP contribution in [0.2, 0.25) is 0 Å². The van der Waals surface area contributed by atoms with Gasteiger partial charge in [0.1, 0.15) is 5.82 Å². The molecule has 2 rings (SSSR count). The second-order valence-corrected chi connectivity index (χ2v) is 6.58. The molecule has 4 heteroatoms. The summed E-state index contributed by atoms with van der Waals surface area (Å²) in [5.41, 5.74) is 1.19. The number of rotatable bonds is 5. The third kappa shape index (κ3) is 4.77. The standard InChI is InChI=1S/C15H24BrN3/c1-12(11-19-6-4-3-5-7-19)9-17-15-13(2)8-14(16)10-18-15/h8,10,12H,3-7,9,11H2,1-2H3,(H,17,18). The lowest BCUT2D eigenvalue weighted by atomic mass is 10.1. The number of piperidine rings is 1. The van der Waals surface area contributed by atoms with Crippen molar-refractivity contribution in [3.8, 4) is 0 Å². The summed E-state index contributed by atoms with van der Waals surface area (Å²) in [5, 5.41) is 3.47. The molecule has 1 aliphatic heterocycles. The monoisotopic (exact) mass is 325 g/mol. The molecule has 2 heterocycles. The lowest BCUT2D eigenvalue weighted by Crippen LogP contribution is -2.35. The lowest BCUT2D eigenvalue weighted by Gasteiger charge is -2.29. The largest absolute Gasteiger partial charge is 0.370 e. The molecule has 1 aromatic rings. The minimum Gasteiger partial charge on any atom is -0.370 e. The van der Waals surface area contributed by atoms with E-state index in [9.17, 15) is 0 Å². The number of likely N-dealkylation sites (tertiary alicyclic amines) is 1. The van der Waals surface area contributed by atoms with Gasteiger partial charge >= 0.3 is 0 Å². The van der Waals surface area contributed by atoms with Crippen LogP contribution >= 0.6 is 15.9 Å². The van der Waals surface area contributed by atoms with Crippen LogP contribution in [0.5, 0.6) is 0 Å². The van der Waals surface area contributed by atoms with E-state index < -0.39 is 0 Å². The summed E-state index contributed by atoms with van der Waals surface area (Å²) >= 11 is 3.45. The van der Waals surface area contributed by atoms with Crippen LogP contribution in [0.15, 0.2) is 16.7 Å². The van der Waals surface area contributed by atoms with E-state index in [2.05, 4.69) is 51.0 Å². The van der Waals surface area contributed by atoms with Crippen LogP contribution in [-0.2, 0) is 0 Å². The highest BCUT2D eigenvalue weighted by Crippen LogP contribution is 2.17.